The third-order valence-electron chi connectivity index (χ3n) is 4.10. The van der Waals surface area contributed by atoms with Crippen LogP contribution in [0.15, 0.2) is 29.0 Å². The van der Waals surface area contributed by atoms with E-state index in [1.54, 1.807) is 13.2 Å². The van der Waals surface area contributed by atoms with Crippen LogP contribution in [0.1, 0.15) is 37.3 Å². The van der Waals surface area contributed by atoms with Crippen LogP contribution in [0.4, 0.5) is 0 Å². The monoisotopic (exact) mass is 290 g/mol. The van der Waals surface area contributed by atoms with Crippen LogP contribution in [0.5, 0.6) is 0 Å². The Morgan fingerprint density at radius 1 is 1.43 bits per heavy atom. The molecule has 0 spiro atoms. The van der Waals surface area contributed by atoms with E-state index in [1.165, 1.54) is 0 Å². The second kappa shape index (κ2) is 6.41. The van der Waals surface area contributed by atoms with Crippen molar-refractivity contribution in [3.05, 3.63) is 36.0 Å². The zero-order valence-corrected chi connectivity index (χ0v) is 12.4. The number of furan rings is 1. The Morgan fingerprint density at radius 3 is 2.86 bits per heavy atom. The molecule has 21 heavy (non-hydrogen) atoms. The van der Waals surface area contributed by atoms with E-state index in [4.69, 9.17) is 4.42 Å². The lowest BCUT2D eigenvalue weighted by Gasteiger charge is -2.31. The lowest BCUT2D eigenvalue weighted by Crippen LogP contribution is -2.34. The number of aromatic nitrogens is 3. The number of nitrogens with zero attached hydrogens (tertiary/aromatic N) is 4. The third-order valence-corrected chi connectivity index (χ3v) is 4.10. The Balaban J connectivity index is 1.47. The maximum Gasteiger partial charge on any atom is 0.117 e. The van der Waals surface area contributed by atoms with E-state index >= 15 is 0 Å². The van der Waals surface area contributed by atoms with E-state index in [9.17, 15) is 5.11 Å². The topological polar surface area (TPSA) is 67.3 Å². The average molecular weight is 290 g/mol. The van der Waals surface area contributed by atoms with Gasteiger partial charge in [-0.2, -0.15) is 0 Å². The first-order chi connectivity index (χ1) is 10.2. The van der Waals surface area contributed by atoms with Gasteiger partial charge in [-0.05, 0) is 50.9 Å². The average Bonchev–Trinajstić information content (AvgIpc) is 3.12. The Hall–Kier alpha value is -1.66. The number of rotatable bonds is 5. The molecule has 6 heteroatoms. The highest BCUT2D eigenvalue weighted by atomic mass is 16.3. The van der Waals surface area contributed by atoms with E-state index in [0.717, 1.165) is 44.8 Å². The molecule has 0 unspecified atom stereocenters. The summed E-state index contributed by atoms with van der Waals surface area (Å²) in [6.07, 6.45) is 5.34. The van der Waals surface area contributed by atoms with Crippen LogP contribution < -0.4 is 0 Å². The van der Waals surface area contributed by atoms with Gasteiger partial charge in [0, 0.05) is 6.54 Å². The summed E-state index contributed by atoms with van der Waals surface area (Å²) in [5.41, 5.74) is 0.644. The molecule has 0 saturated carbocycles. The van der Waals surface area contributed by atoms with Crippen LogP contribution in [0, 0.1) is 5.92 Å². The van der Waals surface area contributed by atoms with E-state index in [0.29, 0.717) is 11.6 Å². The van der Waals surface area contributed by atoms with Crippen LogP contribution in [-0.2, 0) is 13.1 Å². The fourth-order valence-electron chi connectivity index (χ4n) is 2.81. The van der Waals surface area contributed by atoms with Crippen molar-refractivity contribution in [2.75, 3.05) is 13.1 Å². The molecule has 0 radical (unpaired) electrons. The summed E-state index contributed by atoms with van der Waals surface area (Å²) in [6.45, 7) is 5.66. The quantitative estimate of drug-likeness (QED) is 0.910. The van der Waals surface area contributed by atoms with Gasteiger partial charge in [0.25, 0.3) is 0 Å². The van der Waals surface area contributed by atoms with Crippen LogP contribution in [0.3, 0.4) is 0 Å². The first-order valence-electron chi connectivity index (χ1n) is 7.53. The van der Waals surface area contributed by atoms with Crippen molar-refractivity contribution in [2.45, 2.75) is 39.0 Å². The van der Waals surface area contributed by atoms with Crippen LogP contribution in [-0.4, -0.2) is 38.1 Å². The second-order valence-corrected chi connectivity index (χ2v) is 5.84. The highest BCUT2D eigenvalue weighted by Crippen LogP contribution is 2.21. The van der Waals surface area contributed by atoms with Crippen molar-refractivity contribution < 1.29 is 9.52 Å². The summed E-state index contributed by atoms with van der Waals surface area (Å²) in [4.78, 5) is 2.43. The summed E-state index contributed by atoms with van der Waals surface area (Å²) in [7, 11) is 0. The fourth-order valence-corrected chi connectivity index (χ4v) is 2.81. The molecule has 6 nitrogen and oxygen atoms in total. The van der Waals surface area contributed by atoms with E-state index < -0.39 is 6.10 Å². The zero-order chi connectivity index (χ0) is 14.7. The molecule has 1 aliphatic rings. The number of aliphatic hydroxyl groups excluding tert-OH is 1. The van der Waals surface area contributed by atoms with E-state index in [2.05, 4.69) is 15.2 Å². The lowest BCUT2D eigenvalue weighted by atomic mass is 9.97. The first kappa shape index (κ1) is 14.3. The van der Waals surface area contributed by atoms with Crippen LogP contribution in [0.25, 0.3) is 0 Å². The predicted molar refractivity (Wildman–Crippen MR) is 77.4 cm³/mol. The van der Waals surface area contributed by atoms with Gasteiger partial charge in [-0.15, -0.1) is 5.10 Å². The molecule has 1 fully saturated rings. The van der Waals surface area contributed by atoms with Crippen molar-refractivity contribution in [3.8, 4) is 0 Å². The number of aliphatic hydroxyl groups is 1. The molecule has 2 aromatic heterocycles. The van der Waals surface area contributed by atoms with Gasteiger partial charge >= 0.3 is 0 Å². The second-order valence-electron chi connectivity index (χ2n) is 5.84. The van der Waals surface area contributed by atoms with Gasteiger partial charge in [0.2, 0.25) is 0 Å². The third kappa shape index (κ3) is 3.71. The number of likely N-dealkylation sites (tertiary alicyclic amines) is 1. The molecule has 1 saturated heterocycles. The highest BCUT2D eigenvalue weighted by Gasteiger charge is 2.21. The molecule has 3 heterocycles. The number of hydrogen-bond acceptors (Lipinski definition) is 5. The maximum absolute atomic E-state index is 9.47. The Bertz CT molecular complexity index is 542. The molecule has 114 valence electrons. The van der Waals surface area contributed by atoms with Crippen molar-refractivity contribution >= 4 is 0 Å². The molecule has 0 aromatic carbocycles. The van der Waals surface area contributed by atoms with E-state index in [-0.39, 0.29) is 0 Å². The lowest BCUT2D eigenvalue weighted by molar-refractivity contribution is 0.155. The maximum atomic E-state index is 9.47. The largest absolute Gasteiger partial charge is 0.468 e. The molecule has 1 atom stereocenters. The normalized spacial score (nSPS) is 19.0. The minimum absolute atomic E-state index is 0.547. The smallest absolute Gasteiger partial charge is 0.117 e. The minimum atomic E-state index is -0.547. The molecule has 1 aliphatic heterocycles. The summed E-state index contributed by atoms with van der Waals surface area (Å²) < 4.78 is 7.25. The van der Waals surface area contributed by atoms with Crippen molar-refractivity contribution in [1.29, 1.82) is 0 Å². The molecule has 2 aromatic rings. The SMILES string of the molecule is C[C@H](O)c1cn(CC2CCN(Cc3ccco3)CC2)nn1. The minimum Gasteiger partial charge on any atom is -0.468 e. The highest BCUT2D eigenvalue weighted by molar-refractivity contribution is 4.98. The summed E-state index contributed by atoms with van der Waals surface area (Å²) in [5.74, 6) is 1.66. The summed E-state index contributed by atoms with van der Waals surface area (Å²) in [6, 6.07) is 3.96. The predicted octanol–water partition coefficient (Wildman–Crippen LogP) is 1.84. The van der Waals surface area contributed by atoms with Crippen molar-refractivity contribution in [3.63, 3.8) is 0 Å². The van der Waals surface area contributed by atoms with Crippen molar-refractivity contribution in [2.24, 2.45) is 5.92 Å². The van der Waals surface area contributed by atoms with Gasteiger partial charge in [-0.3, -0.25) is 9.58 Å². The fraction of sp³-hybridized carbons (Fsp3) is 0.600. The number of hydrogen-bond donors (Lipinski definition) is 1. The Morgan fingerprint density at radius 2 is 2.24 bits per heavy atom. The summed E-state index contributed by atoms with van der Waals surface area (Å²) >= 11 is 0. The molecule has 0 aliphatic carbocycles. The van der Waals surface area contributed by atoms with E-state index in [1.807, 2.05) is 23.0 Å². The molecular weight excluding hydrogens is 268 g/mol. The van der Waals surface area contributed by atoms with Crippen molar-refractivity contribution in [1.82, 2.24) is 19.9 Å². The number of piperidine rings is 1. The molecule has 0 bridgehead atoms. The molecule has 1 N–H and O–H groups in total. The molecular formula is C15H22N4O2. The first-order valence-corrected chi connectivity index (χ1v) is 7.53. The Labute approximate surface area is 124 Å². The standard InChI is InChI=1S/C15H22N4O2/c1-12(20)15-11-19(17-16-15)9-13-4-6-18(7-5-13)10-14-3-2-8-21-14/h2-3,8,11-13,20H,4-7,9-10H2,1H3/t12-/m0/s1. The van der Waals surface area contributed by atoms with Gasteiger partial charge in [0.05, 0.1) is 25.1 Å². The van der Waals surface area contributed by atoms with Gasteiger partial charge in [0.1, 0.15) is 11.5 Å². The van der Waals surface area contributed by atoms with Gasteiger partial charge in [-0.1, -0.05) is 5.21 Å². The molecule has 3 rings (SSSR count). The van der Waals surface area contributed by atoms with Gasteiger partial charge in [0.15, 0.2) is 0 Å². The van der Waals surface area contributed by atoms with Crippen LogP contribution >= 0.6 is 0 Å². The Kier molecular flexibility index (Phi) is 4.36. The van der Waals surface area contributed by atoms with Crippen LogP contribution in [0.2, 0.25) is 0 Å². The zero-order valence-electron chi connectivity index (χ0n) is 12.4. The van der Waals surface area contributed by atoms with Gasteiger partial charge < -0.3 is 9.52 Å². The van der Waals surface area contributed by atoms with Gasteiger partial charge in [-0.25, -0.2) is 0 Å². The molecule has 0 amide bonds. The summed E-state index contributed by atoms with van der Waals surface area (Å²) in [5, 5.41) is 17.5.